The standard InChI is InChI=1S/C31H34N2O12/c1-12-28-16(33-6-7-42-30(41-2)29(33)45-28)8-19(43-12)44-17-10-31(40,18(35)11-34)9-14-21(17)27(39)23-22(25(14)37)24(36)13-4-3-5-15(32)20(13)26(23)38/h3-5,12,16-17,19,28-30,34,37,39-40H,6-11,32H2,1-2H3/t12-,16-,17-,19-,28+,29+,30-,31-/m0/s1. The lowest BCUT2D eigenvalue weighted by Gasteiger charge is -2.43. The molecule has 0 amide bonds. The second kappa shape index (κ2) is 10.8. The Kier molecular flexibility index (Phi) is 7.26. The minimum absolute atomic E-state index is 0.0267. The van der Waals surface area contributed by atoms with E-state index in [0.717, 1.165) is 0 Å². The Morgan fingerprint density at radius 3 is 2.62 bits per heavy atom. The lowest BCUT2D eigenvalue weighted by Crippen LogP contribution is -2.55. The Bertz CT molecular complexity index is 1610. The van der Waals surface area contributed by atoms with Crippen molar-refractivity contribution < 1.29 is 58.5 Å². The number of fused-ring (bicyclic) bond motifs is 6. The molecule has 2 aromatic carbocycles. The number of carbonyl (C=O) groups excluding carboxylic acids is 3. The molecule has 0 unspecified atom stereocenters. The SMILES string of the molecule is CO[C@H]1OCCN2[C@@H]1O[C@@H]1[C@H](C)O[C@@H](O[C@H]3C[C@](O)(C(=O)CO)Cc4c(O)c5c(c(O)c43)C(=O)c3c(N)cccc3C5=O)C[C@@H]12. The minimum atomic E-state index is -2.23. The monoisotopic (exact) mass is 626 g/mol. The fourth-order valence-electron chi connectivity index (χ4n) is 7.58. The third-order valence-electron chi connectivity index (χ3n) is 9.69. The molecule has 7 rings (SSSR count). The lowest BCUT2D eigenvalue weighted by molar-refractivity contribution is -0.256. The summed E-state index contributed by atoms with van der Waals surface area (Å²) in [5, 5.41) is 44.3. The number of phenols is 2. The zero-order valence-electron chi connectivity index (χ0n) is 24.6. The highest BCUT2D eigenvalue weighted by Crippen LogP contribution is 2.52. The molecule has 0 spiro atoms. The van der Waals surface area contributed by atoms with Crippen molar-refractivity contribution >= 4 is 23.0 Å². The first-order valence-corrected chi connectivity index (χ1v) is 14.8. The summed E-state index contributed by atoms with van der Waals surface area (Å²) in [5.74, 6) is -3.77. The number of ketones is 3. The van der Waals surface area contributed by atoms with Crippen LogP contribution in [0.25, 0.3) is 0 Å². The number of carbonyl (C=O) groups is 3. The van der Waals surface area contributed by atoms with Crippen molar-refractivity contribution in [2.75, 3.05) is 32.6 Å². The van der Waals surface area contributed by atoms with E-state index < -0.39 is 96.0 Å². The zero-order chi connectivity index (χ0) is 31.9. The van der Waals surface area contributed by atoms with Crippen LogP contribution in [0.2, 0.25) is 0 Å². The fourth-order valence-corrected chi connectivity index (χ4v) is 7.58. The number of morpholine rings is 1. The lowest BCUT2D eigenvalue weighted by atomic mass is 9.72. The minimum Gasteiger partial charge on any atom is -0.507 e. The molecule has 0 radical (unpaired) electrons. The number of aliphatic hydroxyl groups excluding tert-OH is 1. The van der Waals surface area contributed by atoms with E-state index in [4.69, 9.17) is 29.4 Å². The molecule has 240 valence electrons. The number of rotatable bonds is 5. The Hall–Kier alpha value is -3.47. The van der Waals surface area contributed by atoms with Crippen molar-refractivity contribution in [3.05, 3.63) is 51.6 Å². The molecule has 0 saturated carbocycles. The van der Waals surface area contributed by atoms with Crippen molar-refractivity contribution in [3.8, 4) is 11.5 Å². The van der Waals surface area contributed by atoms with Gasteiger partial charge in [0.2, 0.25) is 0 Å². The van der Waals surface area contributed by atoms with Crippen LogP contribution >= 0.6 is 0 Å². The van der Waals surface area contributed by atoms with E-state index in [-0.39, 0.29) is 40.1 Å². The van der Waals surface area contributed by atoms with Gasteiger partial charge in [0.05, 0.1) is 35.5 Å². The van der Waals surface area contributed by atoms with Gasteiger partial charge in [-0.1, -0.05) is 12.1 Å². The summed E-state index contributed by atoms with van der Waals surface area (Å²) in [6.45, 7) is 1.81. The maximum Gasteiger partial charge on any atom is 0.200 e. The van der Waals surface area contributed by atoms with Gasteiger partial charge in [0, 0.05) is 61.3 Å². The average molecular weight is 627 g/mol. The predicted molar refractivity (Wildman–Crippen MR) is 152 cm³/mol. The molecule has 5 aliphatic rings. The van der Waals surface area contributed by atoms with Crippen LogP contribution in [0.15, 0.2) is 18.2 Å². The number of methoxy groups -OCH3 is 1. The summed E-state index contributed by atoms with van der Waals surface area (Å²) in [5.41, 5.74) is 2.57. The van der Waals surface area contributed by atoms with Crippen molar-refractivity contribution in [1.29, 1.82) is 0 Å². The number of nitrogens with zero attached hydrogens (tertiary/aromatic N) is 1. The smallest absolute Gasteiger partial charge is 0.200 e. The van der Waals surface area contributed by atoms with Crippen LogP contribution in [0.3, 0.4) is 0 Å². The Labute approximate surface area is 257 Å². The number of anilines is 1. The molecule has 3 saturated heterocycles. The number of ether oxygens (including phenoxy) is 5. The van der Waals surface area contributed by atoms with E-state index in [1.54, 1.807) is 0 Å². The van der Waals surface area contributed by atoms with E-state index in [0.29, 0.717) is 19.6 Å². The van der Waals surface area contributed by atoms with Crippen LogP contribution in [0.5, 0.6) is 11.5 Å². The summed E-state index contributed by atoms with van der Waals surface area (Å²) < 4.78 is 30.0. The van der Waals surface area contributed by atoms with Crippen molar-refractivity contribution in [3.63, 3.8) is 0 Å². The molecule has 3 fully saturated rings. The predicted octanol–water partition coefficient (Wildman–Crippen LogP) is 0.285. The second-order valence-corrected chi connectivity index (χ2v) is 12.2. The molecule has 0 aromatic heterocycles. The van der Waals surface area contributed by atoms with E-state index in [1.807, 2.05) is 6.92 Å². The quantitative estimate of drug-likeness (QED) is 0.191. The Balaban J connectivity index is 1.29. The van der Waals surface area contributed by atoms with E-state index in [9.17, 15) is 34.8 Å². The van der Waals surface area contributed by atoms with Gasteiger partial charge < -0.3 is 49.8 Å². The zero-order valence-corrected chi connectivity index (χ0v) is 24.6. The van der Waals surface area contributed by atoms with Crippen LogP contribution < -0.4 is 5.73 Å². The first-order chi connectivity index (χ1) is 21.5. The van der Waals surface area contributed by atoms with Gasteiger partial charge in [-0.15, -0.1) is 0 Å². The third-order valence-corrected chi connectivity index (χ3v) is 9.69. The van der Waals surface area contributed by atoms with Gasteiger partial charge in [-0.25, -0.2) is 0 Å². The number of Topliss-reactive ketones (excluding diaryl/α,β-unsaturated/α-hetero) is 1. The number of nitrogen functional groups attached to an aromatic ring is 1. The number of hydrogen-bond acceptors (Lipinski definition) is 14. The Morgan fingerprint density at radius 2 is 1.89 bits per heavy atom. The van der Waals surface area contributed by atoms with Crippen LogP contribution in [0, 0.1) is 0 Å². The summed E-state index contributed by atoms with van der Waals surface area (Å²) in [7, 11) is 1.53. The van der Waals surface area contributed by atoms with Crippen LogP contribution in [0.1, 0.15) is 68.8 Å². The molecule has 2 aliphatic carbocycles. The summed E-state index contributed by atoms with van der Waals surface area (Å²) >= 11 is 0. The van der Waals surface area contributed by atoms with Gasteiger partial charge >= 0.3 is 0 Å². The van der Waals surface area contributed by atoms with Crippen LogP contribution in [-0.4, -0.2) is 112 Å². The molecule has 6 N–H and O–H groups in total. The molecule has 14 heteroatoms. The summed E-state index contributed by atoms with van der Waals surface area (Å²) in [6, 6.07) is 4.15. The van der Waals surface area contributed by atoms with Crippen molar-refractivity contribution in [1.82, 2.24) is 4.90 Å². The van der Waals surface area contributed by atoms with Crippen molar-refractivity contribution in [2.24, 2.45) is 0 Å². The van der Waals surface area contributed by atoms with Crippen molar-refractivity contribution in [2.45, 2.75) is 74.9 Å². The number of aliphatic hydroxyl groups is 2. The molecule has 3 aliphatic heterocycles. The van der Waals surface area contributed by atoms with Crippen LogP contribution in [0.4, 0.5) is 5.69 Å². The first kappa shape index (κ1) is 30.2. The first-order valence-electron chi connectivity index (χ1n) is 14.8. The van der Waals surface area contributed by atoms with Gasteiger partial charge in [-0.05, 0) is 13.0 Å². The van der Waals surface area contributed by atoms with E-state index in [1.165, 1.54) is 25.3 Å². The summed E-state index contributed by atoms with van der Waals surface area (Å²) in [6.07, 6.45) is -4.79. The second-order valence-electron chi connectivity index (χ2n) is 12.2. The van der Waals surface area contributed by atoms with Crippen LogP contribution in [-0.2, 0) is 34.9 Å². The number of hydrogen-bond donors (Lipinski definition) is 5. The summed E-state index contributed by atoms with van der Waals surface area (Å²) in [4.78, 5) is 42.3. The number of nitrogens with two attached hydrogens (primary N) is 1. The topological polar surface area (TPSA) is 208 Å². The molecule has 2 aromatic rings. The molecular weight excluding hydrogens is 592 g/mol. The molecular formula is C31H34N2O12. The highest BCUT2D eigenvalue weighted by Gasteiger charge is 2.55. The highest BCUT2D eigenvalue weighted by molar-refractivity contribution is 6.32. The number of benzene rings is 2. The van der Waals surface area contributed by atoms with E-state index >= 15 is 0 Å². The third kappa shape index (κ3) is 4.43. The number of phenolic OH excluding ortho intramolecular Hbond substituents is 2. The molecule has 8 atom stereocenters. The largest absolute Gasteiger partial charge is 0.507 e. The highest BCUT2D eigenvalue weighted by atomic mass is 16.7. The fraction of sp³-hybridized carbons (Fsp3) is 0.516. The van der Waals surface area contributed by atoms with Gasteiger partial charge in [0.15, 0.2) is 36.2 Å². The average Bonchev–Trinajstić information content (AvgIpc) is 3.40. The maximum atomic E-state index is 13.7. The molecule has 3 heterocycles. The normalized spacial score (nSPS) is 34.0. The van der Waals surface area contributed by atoms with E-state index in [2.05, 4.69) is 4.90 Å². The van der Waals surface area contributed by atoms with Gasteiger partial charge in [-0.2, -0.15) is 0 Å². The van der Waals surface area contributed by atoms with Gasteiger partial charge in [0.1, 0.15) is 29.8 Å². The number of aromatic hydroxyl groups is 2. The molecule has 0 bridgehead atoms. The molecule has 45 heavy (non-hydrogen) atoms. The molecule has 14 nitrogen and oxygen atoms in total. The Morgan fingerprint density at radius 1 is 1.13 bits per heavy atom. The van der Waals surface area contributed by atoms with Gasteiger partial charge in [-0.3, -0.25) is 19.3 Å². The maximum absolute atomic E-state index is 13.7. The van der Waals surface area contributed by atoms with Gasteiger partial charge in [0.25, 0.3) is 0 Å².